The Balaban J connectivity index is 2.00. The van der Waals surface area contributed by atoms with Crippen molar-refractivity contribution in [3.05, 3.63) is 53.9 Å². The molecule has 0 bridgehead atoms. The van der Waals surface area contributed by atoms with E-state index in [2.05, 4.69) is 66.9 Å². The van der Waals surface area contributed by atoms with Gasteiger partial charge in [-0.1, -0.05) is 51.1 Å². The van der Waals surface area contributed by atoms with E-state index in [1.165, 1.54) is 11.3 Å². The first-order valence-electron chi connectivity index (χ1n) is 6.59. The van der Waals surface area contributed by atoms with Crippen molar-refractivity contribution in [2.75, 3.05) is 0 Å². The third-order valence-corrected chi connectivity index (χ3v) is 2.97. The van der Waals surface area contributed by atoms with Crippen LogP contribution in [0.1, 0.15) is 32.0 Å². The normalized spacial score (nSPS) is 11.7. The lowest BCUT2D eigenvalue weighted by molar-refractivity contribution is 0.392. The molecular weight excluding hydrogens is 220 g/mol. The van der Waals surface area contributed by atoms with Crippen molar-refractivity contribution in [3.8, 4) is 0 Å². The van der Waals surface area contributed by atoms with Gasteiger partial charge in [-0.3, -0.25) is 4.68 Å². The zero-order chi connectivity index (χ0) is 13.0. The molecule has 18 heavy (non-hydrogen) atoms. The number of aromatic nitrogens is 2. The van der Waals surface area contributed by atoms with Crippen LogP contribution in [0.5, 0.6) is 0 Å². The van der Waals surface area contributed by atoms with Crippen LogP contribution in [0.3, 0.4) is 0 Å². The summed E-state index contributed by atoms with van der Waals surface area (Å²) in [4.78, 5) is 0. The SMILES string of the molecule is CC(C)(C)Cc1ccnn1CCc1ccccc1. The smallest absolute Gasteiger partial charge is 0.0492 e. The van der Waals surface area contributed by atoms with Gasteiger partial charge >= 0.3 is 0 Å². The maximum atomic E-state index is 4.43. The predicted octanol–water partition coefficient (Wildman–Crippen LogP) is 3.71. The monoisotopic (exact) mass is 242 g/mol. The molecule has 2 heteroatoms. The fraction of sp³-hybridized carbons (Fsp3) is 0.438. The quantitative estimate of drug-likeness (QED) is 0.799. The lowest BCUT2D eigenvalue weighted by atomic mass is 9.90. The van der Waals surface area contributed by atoms with Crippen molar-refractivity contribution < 1.29 is 0 Å². The molecule has 0 radical (unpaired) electrons. The largest absolute Gasteiger partial charge is 0.269 e. The Kier molecular flexibility index (Phi) is 3.85. The summed E-state index contributed by atoms with van der Waals surface area (Å²) in [6, 6.07) is 12.7. The number of benzene rings is 1. The fourth-order valence-electron chi connectivity index (χ4n) is 2.13. The fourth-order valence-corrected chi connectivity index (χ4v) is 2.13. The molecule has 0 atom stereocenters. The molecule has 0 amide bonds. The molecule has 0 aliphatic heterocycles. The molecule has 0 N–H and O–H groups in total. The van der Waals surface area contributed by atoms with Gasteiger partial charge in [-0.25, -0.2) is 0 Å². The molecule has 0 saturated heterocycles. The van der Waals surface area contributed by atoms with Gasteiger partial charge in [0.15, 0.2) is 0 Å². The molecule has 0 aliphatic rings. The van der Waals surface area contributed by atoms with Gasteiger partial charge in [0.05, 0.1) is 0 Å². The highest BCUT2D eigenvalue weighted by molar-refractivity contribution is 5.15. The first-order valence-corrected chi connectivity index (χ1v) is 6.59. The molecule has 2 rings (SSSR count). The van der Waals surface area contributed by atoms with Gasteiger partial charge in [0.25, 0.3) is 0 Å². The standard InChI is InChI=1S/C16H22N2/c1-16(2,3)13-15-9-11-17-18(15)12-10-14-7-5-4-6-8-14/h4-9,11H,10,12-13H2,1-3H3. The predicted molar refractivity (Wildman–Crippen MR) is 75.5 cm³/mol. The van der Waals surface area contributed by atoms with E-state index < -0.39 is 0 Å². The van der Waals surface area contributed by atoms with Gasteiger partial charge < -0.3 is 0 Å². The van der Waals surface area contributed by atoms with Crippen LogP contribution in [0.2, 0.25) is 0 Å². The Morgan fingerprint density at radius 1 is 1.06 bits per heavy atom. The van der Waals surface area contributed by atoms with Crippen LogP contribution in [0.15, 0.2) is 42.6 Å². The summed E-state index contributed by atoms with van der Waals surface area (Å²) < 4.78 is 2.14. The third-order valence-electron chi connectivity index (χ3n) is 2.97. The average molecular weight is 242 g/mol. The average Bonchev–Trinajstić information content (AvgIpc) is 2.73. The van der Waals surface area contributed by atoms with Crippen LogP contribution in [0.25, 0.3) is 0 Å². The maximum absolute atomic E-state index is 4.43. The zero-order valence-corrected chi connectivity index (χ0v) is 11.6. The van der Waals surface area contributed by atoms with Gasteiger partial charge in [0.2, 0.25) is 0 Å². The number of aryl methyl sites for hydroxylation is 2. The van der Waals surface area contributed by atoms with Crippen molar-refractivity contribution in [3.63, 3.8) is 0 Å². The van der Waals surface area contributed by atoms with E-state index in [0.717, 1.165) is 19.4 Å². The highest BCUT2D eigenvalue weighted by atomic mass is 15.3. The first-order chi connectivity index (χ1) is 8.54. The lowest BCUT2D eigenvalue weighted by Crippen LogP contribution is -2.15. The van der Waals surface area contributed by atoms with E-state index in [1.54, 1.807) is 0 Å². The van der Waals surface area contributed by atoms with Crippen molar-refractivity contribution in [1.29, 1.82) is 0 Å². The lowest BCUT2D eigenvalue weighted by Gasteiger charge is -2.18. The molecule has 2 nitrogen and oxygen atoms in total. The van der Waals surface area contributed by atoms with E-state index in [1.807, 2.05) is 6.20 Å². The summed E-state index contributed by atoms with van der Waals surface area (Å²) in [5.74, 6) is 0. The van der Waals surface area contributed by atoms with Crippen LogP contribution < -0.4 is 0 Å². The second-order valence-electron chi connectivity index (χ2n) is 6.02. The number of nitrogens with zero attached hydrogens (tertiary/aromatic N) is 2. The molecule has 0 saturated carbocycles. The highest BCUT2D eigenvalue weighted by Gasteiger charge is 2.14. The molecule has 0 spiro atoms. The molecule has 1 aromatic carbocycles. The van der Waals surface area contributed by atoms with Gasteiger partial charge in [-0.05, 0) is 29.9 Å². The van der Waals surface area contributed by atoms with Crippen molar-refractivity contribution in [2.45, 2.75) is 40.2 Å². The van der Waals surface area contributed by atoms with Gasteiger partial charge in [-0.15, -0.1) is 0 Å². The maximum Gasteiger partial charge on any atom is 0.0492 e. The summed E-state index contributed by atoms with van der Waals surface area (Å²) in [6.45, 7) is 7.76. The molecule has 2 aromatic rings. The van der Waals surface area contributed by atoms with E-state index in [-0.39, 0.29) is 0 Å². The topological polar surface area (TPSA) is 17.8 Å². The van der Waals surface area contributed by atoms with Crippen molar-refractivity contribution in [1.82, 2.24) is 9.78 Å². The van der Waals surface area contributed by atoms with E-state index >= 15 is 0 Å². The summed E-state index contributed by atoms with van der Waals surface area (Å²) in [5, 5.41) is 4.43. The molecule has 1 heterocycles. The number of hydrogen-bond donors (Lipinski definition) is 0. The van der Waals surface area contributed by atoms with Crippen LogP contribution in [-0.4, -0.2) is 9.78 Å². The van der Waals surface area contributed by atoms with E-state index in [9.17, 15) is 0 Å². The summed E-state index contributed by atoms with van der Waals surface area (Å²) >= 11 is 0. The second kappa shape index (κ2) is 5.38. The Bertz CT molecular complexity index is 477. The molecule has 0 aliphatic carbocycles. The minimum Gasteiger partial charge on any atom is -0.269 e. The molecular formula is C16H22N2. The minimum absolute atomic E-state index is 0.310. The Morgan fingerprint density at radius 2 is 1.78 bits per heavy atom. The molecule has 1 aromatic heterocycles. The molecule has 0 fully saturated rings. The Labute approximate surface area is 110 Å². The highest BCUT2D eigenvalue weighted by Crippen LogP contribution is 2.20. The Hall–Kier alpha value is -1.57. The first kappa shape index (κ1) is 12.9. The minimum atomic E-state index is 0.310. The van der Waals surface area contributed by atoms with Crippen LogP contribution >= 0.6 is 0 Å². The Morgan fingerprint density at radius 3 is 2.44 bits per heavy atom. The summed E-state index contributed by atoms with van der Waals surface area (Å²) in [6.07, 6.45) is 4.02. The molecule has 96 valence electrons. The third kappa shape index (κ3) is 3.73. The van der Waals surface area contributed by atoms with E-state index in [4.69, 9.17) is 0 Å². The summed E-state index contributed by atoms with van der Waals surface area (Å²) in [7, 11) is 0. The zero-order valence-electron chi connectivity index (χ0n) is 11.6. The van der Waals surface area contributed by atoms with Crippen LogP contribution in [-0.2, 0) is 19.4 Å². The number of rotatable bonds is 4. The van der Waals surface area contributed by atoms with Gasteiger partial charge in [0, 0.05) is 18.4 Å². The van der Waals surface area contributed by atoms with Crippen LogP contribution in [0, 0.1) is 5.41 Å². The van der Waals surface area contributed by atoms with Crippen molar-refractivity contribution in [2.24, 2.45) is 5.41 Å². The molecule has 0 unspecified atom stereocenters. The van der Waals surface area contributed by atoms with E-state index in [0.29, 0.717) is 5.41 Å². The van der Waals surface area contributed by atoms with Crippen LogP contribution in [0.4, 0.5) is 0 Å². The number of hydrogen-bond acceptors (Lipinski definition) is 1. The second-order valence-corrected chi connectivity index (χ2v) is 6.02. The van der Waals surface area contributed by atoms with Gasteiger partial charge in [0.1, 0.15) is 0 Å². The van der Waals surface area contributed by atoms with Gasteiger partial charge in [-0.2, -0.15) is 5.10 Å². The van der Waals surface area contributed by atoms with Crippen molar-refractivity contribution >= 4 is 0 Å². The summed E-state index contributed by atoms with van der Waals surface area (Å²) in [5.41, 5.74) is 3.01.